The first-order valence-corrected chi connectivity index (χ1v) is 11.9. The zero-order valence-corrected chi connectivity index (χ0v) is 20.8. The molecule has 0 fully saturated rings. The van der Waals surface area contributed by atoms with Gasteiger partial charge in [0, 0.05) is 11.8 Å². The second kappa shape index (κ2) is 11.2. The first-order valence-electron chi connectivity index (χ1n) is 11.5. The van der Waals surface area contributed by atoms with Crippen LogP contribution in [0.5, 0.6) is 0 Å². The summed E-state index contributed by atoms with van der Waals surface area (Å²) in [7, 11) is 0. The summed E-state index contributed by atoms with van der Waals surface area (Å²) in [6.07, 6.45) is 1.82. The largest absolute Gasteiger partial charge is 0.326 e. The summed E-state index contributed by atoms with van der Waals surface area (Å²) in [5.41, 5.74) is 5.52. The number of carbonyl (C=O) groups is 1. The molecular weight excluding hydrogens is 450 g/mol. The van der Waals surface area contributed by atoms with Crippen LogP contribution < -0.4 is 10.2 Å². The lowest BCUT2D eigenvalue weighted by atomic mass is 10.0. The second-order valence-electron chi connectivity index (χ2n) is 8.20. The summed E-state index contributed by atoms with van der Waals surface area (Å²) in [6, 6.07) is 16.9. The van der Waals surface area contributed by atoms with E-state index in [1.807, 2.05) is 69.3 Å². The summed E-state index contributed by atoms with van der Waals surface area (Å²) < 4.78 is 0. The summed E-state index contributed by atoms with van der Waals surface area (Å²) in [6.45, 7) is 8.19. The van der Waals surface area contributed by atoms with E-state index in [1.54, 1.807) is 4.90 Å². The van der Waals surface area contributed by atoms with Crippen LogP contribution in [0.25, 0.3) is 0 Å². The normalized spacial score (nSPS) is 10.7. The van der Waals surface area contributed by atoms with Gasteiger partial charge in [0.2, 0.25) is 0 Å². The maximum Gasteiger partial charge on any atom is 0.326 e. The van der Waals surface area contributed by atoms with E-state index in [0.717, 1.165) is 23.2 Å². The third-order valence-electron chi connectivity index (χ3n) is 5.96. The van der Waals surface area contributed by atoms with E-state index in [1.165, 1.54) is 11.6 Å². The van der Waals surface area contributed by atoms with Crippen LogP contribution in [0.1, 0.15) is 48.6 Å². The van der Waals surface area contributed by atoms with Gasteiger partial charge in [0.15, 0.2) is 0 Å². The van der Waals surface area contributed by atoms with Crippen molar-refractivity contribution < 1.29 is 9.72 Å². The number of nitro groups is 1. The molecule has 0 spiro atoms. The molecule has 0 unspecified atom stereocenters. The fourth-order valence-electron chi connectivity index (χ4n) is 3.98. The number of hydrogen-bond donors (Lipinski definition) is 1. The van der Waals surface area contributed by atoms with E-state index in [9.17, 15) is 14.9 Å². The van der Waals surface area contributed by atoms with Crippen molar-refractivity contribution in [3.05, 3.63) is 97.6 Å². The van der Waals surface area contributed by atoms with Crippen LogP contribution in [-0.4, -0.2) is 11.0 Å². The van der Waals surface area contributed by atoms with Crippen LogP contribution in [0.15, 0.2) is 54.6 Å². The Morgan fingerprint density at radius 1 is 0.941 bits per heavy atom. The van der Waals surface area contributed by atoms with Crippen molar-refractivity contribution in [3.8, 4) is 0 Å². The number of hydrogen-bond acceptors (Lipinski definition) is 3. The smallest absolute Gasteiger partial charge is 0.307 e. The highest BCUT2D eigenvalue weighted by Crippen LogP contribution is 2.37. The predicted octanol–water partition coefficient (Wildman–Crippen LogP) is 7.48. The minimum atomic E-state index is -0.451. The van der Waals surface area contributed by atoms with Crippen LogP contribution in [0.2, 0.25) is 5.02 Å². The number of urea groups is 1. The molecule has 3 rings (SSSR count). The number of aryl methyl sites for hydroxylation is 2. The predicted molar refractivity (Wildman–Crippen MR) is 139 cm³/mol. The maximum atomic E-state index is 13.7. The molecule has 1 N–H and O–H groups in total. The molecule has 0 aliphatic heterocycles. The van der Waals surface area contributed by atoms with Gasteiger partial charge < -0.3 is 5.32 Å². The lowest BCUT2D eigenvalue weighted by Crippen LogP contribution is -2.35. The average molecular weight is 480 g/mol. The number of nitro benzene ring substituents is 1. The van der Waals surface area contributed by atoms with Crippen LogP contribution in [0.3, 0.4) is 0 Å². The molecule has 0 bridgehead atoms. The zero-order chi connectivity index (χ0) is 24.8. The molecule has 0 radical (unpaired) electrons. The van der Waals surface area contributed by atoms with E-state index in [4.69, 9.17) is 11.6 Å². The number of rotatable bonds is 8. The van der Waals surface area contributed by atoms with Gasteiger partial charge in [-0.15, -0.1) is 0 Å². The zero-order valence-electron chi connectivity index (χ0n) is 20.0. The maximum absolute atomic E-state index is 13.7. The third kappa shape index (κ3) is 5.57. The van der Waals surface area contributed by atoms with Gasteiger partial charge in [-0.05, 0) is 55.0 Å². The first kappa shape index (κ1) is 25.2. The van der Waals surface area contributed by atoms with Crippen LogP contribution in [-0.2, 0) is 25.8 Å². The van der Waals surface area contributed by atoms with E-state index in [-0.39, 0.29) is 16.7 Å². The number of anilines is 2. The highest BCUT2D eigenvalue weighted by atomic mass is 35.5. The van der Waals surface area contributed by atoms with E-state index in [2.05, 4.69) is 12.2 Å². The molecule has 34 heavy (non-hydrogen) atoms. The lowest BCUT2D eigenvalue weighted by Gasteiger charge is -2.25. The van der Waals surface area contributed by atoms with Crippen molar-refractivity contribution in [2.45, 2.75) is 53.5 Å². The fourth-order valence-corrected chi connectivity index (χ4v) is 4.32. The summed E-state index contributed by atoms with van der Waals surface area (Å²) >= 11 is 6.40. The average Bonchev–Trinajstić information content (AvgIpc) is 2.83. The van der Waals surface area contributed by atoms with Gasteiger partial charge in [-0.1, -0.05) is 74.3 Å². The highest BCUT2D eigenvalue weighted by Gasteiger charge is 2.25. The van der Waals surface area contributed by atoms with Gasteiger partial charge in [0.25, 0.3) is 5.69 Å². The minimum absolute atomic E-state index is 0.0858. The number of benzene rings is 3. The highest BCUT2D eigenvalue weighted by molar-refractivity contribution is 6.32. The second-order valence-corrected chi connectivity index (χ2v) is 8.60. The molecule has 0 saturated heterocycles. The molecule has 0 aliphatic carbocycles. The van der Waals surface area contributed by atoms with Gasteiger partial charge in [0.05, 0.1) is 27.7 Å². The molecule has 0 heterocycles. The third-order valence-corrected chi connectivity index (χ3v) is 6.30. The number of halogens is 1. The van der Waals surface area contributed by atoms with Crippen molar-refractivity contribution >= 4 is 34.7 Å². The quantitative estimate of drug-likeness (QED) is 0.268. The Hall–Kier alpha value is -3.38. The number of nitrogens with one attached hydrogen (secondary N) is 1. The fraction of sp³-hybridized carbons (Fsp3) is 0.296. The summed E-state index contributed by atoms with van der Waals surface area (Å²) in [5.74, 6) is 0. The van der Waals surface area contributed by atoms with Gasteiger partial charge in [0.1, 0.15) is 0 Å². The summed E-state index contributed by atoms with van der Waals surface area (Å²) in [5, 5.41) is 14.9. The van der Waals surface area contributed by atoms with Crippen molar-refractivity contribution in [1.82, 2.24) is 0 Å². The Bertz CT molecular complexity index is 1180. The summed E-state index contributed by atoms with van der Waals surface area (Å²) in [4.78, 5) is 26.5. The van der Waals surface area contributed by atoms with Crippen LogP contribution >= 0.6 is 11.6 Å². The van der Waals surface area contributed by atoms with Crippen molar-refractivity contribution in [3.63, 3.8) is 0 Å². The Balaban J connectivity index is 2.06. The van der Waals surface area contributed by atoms with E-state index < -0.39 is 4.92 Å². The monoisotopic (exact) mass is 479 g/mol. The molecule has 2 amide bonds. The molecule has 6 nitrogen and oxygen atoms in total. The Morgan fingerprint density at radius 2 is 1.53 bits per heavy atom. The number of amides is 2. The Morgan fingerprint density at radius 3 is 2.06 bits per heavy atom. The molecule has 178 valence electrons. The number of nitrogens with zero attached hydrogens (tertiary/aromatic N) is 2. The molecule has 0 aromatic heterocycles. The molecule has 3 aromatic rings. The topological polar surface area (TPSA) is 75.5 Å². The van der Waals surface area contributed by atoms with E-state index >= 15 is 0 Å². The molecular formula is C27H30ClN3O3. The molecule has 0 atom stereocenters. The van der Waals surface area contributed by atoms with Crippen LogP contribution in [0.4, 0.5) is 21.9 Å². The molecule has 3 aromatic carbocycles. The molecule has 7 heteroatoms. The van der Waals surface area contributed by atoms with Gasteiger partial charge in [-0.25, -0.2) is 4.79 Å². The minimum Gasteiger partial charge on any atom is -0.307 e. The molecule has 0 aliphatic rings. The molecule has 0 saturated carbocycles. The lowest BCUT2D eigenvalue weighted by molar-refractivity contribution is -0.385. The van der Waals surface area contributed by atoms with Crippen molar-refractivity contribution in [2.24, 2.45) is 0 Å². The van der Waals surface area contributed by atoms with Gasteiger partial charge in [-0.2, -0.15) is 0 Å². The van der Waals surface area contributed by atoms with Crippen molar-refractivity contribution in [2.75, 3.05) is 10.2 Å². The first-order chi connectivity index (χ1) is 16.3. The SMILES string of the molecule is CCc1ccc(N(Cc2ccc(C)cc2)C(=O)Nc2c(CC)c(Cl)cc([N+](=O)[O-])c2CC)cc1. The van der Waals surface area contributed by atoms with Gasteiger partial charge in [-0.3, -0.25) is 15.0 Å². The van der Waals surface area contributed by atoms with Gasteiger partial charge >= 0.3 is 6.03 Å². The van der Waals surface area contributed by atoms with Crippen molar-refractivity contribution in [1.29, 1.82) is 0 Å². The Labute approximate surface area is 205 Å². The number of carbonyl (C=O) groups excluding carboxylic acids is 1. The Kier molecular flexibility index (Phi) is 8.29. The van der Waals surface area contributed by atoms with Crippen LogP contribution in [0, 0.1) is 17.0 Å². The standard InChI is InChI=1S/C27H30ClN3O3/c1-5-19-12-14-21(15-13-19)30(17-20-10-8-18(4)9-11-20)27(32)29-26-22(6-2)24(28)16-25(31(33)34)23(26)7-3/h8-16H,5-7,17H2,1-4H3,(H,29,32). The van der Waals surface area contributed by atoms with E-state index in [0.29, 0.717) is 36.2 Å².